The molecular formula is C34H29ClF5N7O2S. The minimum absolute atomic E-state index is 0.00711. The highest BCUT2D eigenvalue weighted by Gasteiger charge is 2.50. The Balaban J connectivity index is 1.35. The number of thiophene rings is 1. The van der Waals surface area contributed by atoms with Crippen LogP contribution in [0.5, 0.6) is 11.8 Å². The van der Waals surface area contributed by atoms with Gasteiger partial charge in [-0.15, -0.1) is 11.3 Å². The summed E-state index contributed by atoms with van der Waals surface area (Å²) in [6, 6.07) is 5.58. The van der Waals surface area contributed by atoms with Gasteiger partial charge in [-0.05, 0) is 49.8 Å². The highest BCUT2D eigenvalue weighted by molar-refractivity contribution is 7.23. The van der Waals surface area contributed by atoms with Crippen LogP contribution in [0.3, 0.4) is 0 Å². The van der Waals surface area contributed by atoms with Crippen molar-refractivity contribution in [2.75, 3.05) is 43.5 Å². The van der Waals surface area contributed by atoms with Crippen LogP contribution in [0.15, 0.2) is 12.1 Å². The van der Waals surface area contributed by atoms with Gasteiger partial charge >= 0.3 is 6.01 Å². The van der Waals surface area contributed by atoms with Crippen LogP contribution >= 0.6 is 22.9 Å². The maximum absolute atomic E-state index is 17.2. The van der Waals surface area contributed by atoms with Crippen molar-refractivity contribution in [2.24, 2.45) is 11.8 Å². The zero-order valence-electron chi connectivity index (χ0n) is 26.4. The first kappa shape index (κ1) is 33.0. The second-order valence-electron chi connectivity index (χ2n) is 13.5. The molecule has 8 rings (SSSR count). The summed E-state index contributed by atoms with van der Waals surface area (Å²) in [5.41, 5.74) is 4.85. The van der Waals surface area contributed by atoms with E-state index in [2.05, 4.69) is 16.0 Å². The maximum atomic E-state index is 17.2. The Kier molecular flexibility index (Phi) is 8.08. The lowest BCUT2D eigenvalue weighted by molar-refractivity contribution is 0.107. The van der Waals surface area contributed by atoms with E-state index < -0.39 is 42.4 Å². The van der Waals surface area contributed by atoms with E-state index in [9.17, 15) is 23.7 Å². The summed E-state index contributed by atoms with van der Waals surface area (Å²) in [6.07, 6.45) is -1.22. The van der Waals surface area contributed by atoms with Crippen molar-refractivity contribution in [3.05, 3.63) is 34.4 Å². The highest BCUT2D eigenvalue weighted by Crippen LogP contribution is 2.52. The summed E-state index contributed by atoms with van der Waals surface area (Å²) < 4.78 is 87.9. The average molecular weight is 730 g/mol. The van der Waals surface area contributed by atoms with Crippen molar-refractivity contribution >= 4 is 54.7 Å². The van der Waals surface area contributed by atoms with Crippen LogP contribution in [-0.4, -0.2) is 71.9 Å². The van der Waals surface area contributed by atoms with Gasteiger partial charge in [0.2, 0.25) is 0 Å². The molecule has 2 aromatic heterocycles. The number of nitriles is 2. The third kappa shape index (κ3) is 5.08. The number of aromatic nitrogens is 2. The van der Waals surface area contributed by atoms with Gasteiger partial charge < -0.3 is 20.1 Å². The molecule has 50 heavy (non-hydrogen) atoms. The zero-order chi connectivity index (χ0) is 35.1. The van der Waals surface area contributed by atoms with E-state index in [0.717, 1.165) is 23.8 Å². The van der Waals surface area contributed by atoms with Gasteiger partial charge in [-0.3, -0.25) is 4.90 Å². The second kappa shape index (κ2) is 12.2. The lowest BCUT2D eigenvalue weighted by Crippen LogP contribution is -2.50. The molecule has 4 aromatic rings. The Hall–Kier alpha value is -4.18. The number of nitrogens with two attached hydrogens (primary N) is 1. The summed E-state index contributed by atoms with van der Waals surface area (Å²) in [4.78, 5) is 12.4. The largest absolute Gasteiger partial charge is 0.489 e. The van der Waals surface area contributed by atoms with E-state index in [1.54, 1.807) is 0 Å². The molecule has 3 aliphatic heterocycles. The number of ether oxygens (including phenoxy) is 2. The molecule has 3 fully saturated rings. The van der Waals surface area contributed by atoms with Crippen molar-refractivity contribution in [1.82, 2.24) is 14.9 Å². The molecule has 0 unspecified atom stereocenters. The molecule has 0 amide bonds. The molecule has 0 spiro atoms. The van der Waals surface area contributed by atoms with E-state index in [-0.39, 0.29) is 103 Å². The highest BCUT2D eigenvalue weighted by atomic mass is 35.5. The Bertz CT molecular complexity index is 2130. The molecule has 4 aliphatic rings. The van der Waals surface area contributed by atoms with Crippen LogP contribution in [-0.2, 0) is 0 Å². The second-order valence-corrected chi connectivity index (χ2v) is 14.9. The minimum Gasteiger partial charge on any atom is -0.489 e. The molecule has 16 heteroatoms. The van der Waals surface area contributed by atoms with Crippen molar-refractivity contribution < 1.29 is 31.4 Å². The quantitative estimate of drug-likeness (QED) is 0.196. The molecule has 2 aromatic carbocycles. The standard InChI is InChI=1S/C34H29ClF5N7O2S/c35-26-24(18-2-3-20(37)30-23(18)19(10-42)31(43)50-30)27(40)28-25-29(26)48-13-21(16-6-15(7-16)9-41)47(12-22(38)39)32(25)45-33(44-28)49-14-34-4-1-5-46(34)11-17(36)8-34/h2-3,15-17,21-22H,1,4-8,11-14,43H2/t15?,16?,17-,21-,34+/m1/s1. The van der Waals surface area contributed by atoms with Gasteiger partial charge in [-0.25, -0.2) is 22.0 Å². The van der Waals surface area contributed by atoms with E-state index in [1.807, 2.05) is 11.0 Å². The number of nitrogen functional groups attached to an aromatic ring is 1. The van der Waals surface area contributed by atoms with E-state index in [4.69, 9.17) is 26.8 Å². The number of nitrogens with zero attached hydrogens (tertiary/aromatic N) is 6. The Morgan fingerprint density at radius 1 is 1.20 bits per heavy atom. The number of hydrogen-bond donors (Lipinski definition) is 1. The van der Waals surface area contributed by atoms with Crippen molar-refractivity contribution in [3.63, 3.8) is 0 Å². The molecular weight excluding hydrogens is 701 g/mol. The topological polar surface area (TPSA) is 124 Å². The third-order valence-electron chi connectivity index (χ3n) is 10.7. The van der Waals surface area contributed by atoms with E-state index in [0.29, 0.717) is 25.8 Å². The first-order valence-electron chi connectivity index (χ1n) is 16.3. The number of halogens is 6. The fourth-order valence-corrected chi connectivity index (χ4v) is 9.58. The van der Waals surface area contributed by atoms with Crippen molar-refractivity contribution in [2.45, 2.75) is 56.3 Å². The van der Waals surface area contributed by atoms with Crippen molar-refractivity contribution in [1.29, 1.82) is 10.5 Å². The molecule has 0 bridgehead atoms. The van der Waals surface area contributed by atoms with Gasteiger partial charge in [-0.1, -0.05) is 17.7 Å². The number of anilines is 2. The molecule has 260 valence electrons. The predicted molar refractivity (Wildman–Crippen MR) is 177 cm³/mol. The fraction of sp³-hybridized carbons (Fsp3) is 0.471. The van der Waals surface area contributed by atoms with Crippen molar-refractivity contribution in [3.8, 4) is 35.0 Å². The van der Waals surface area contributed by atoms with E-state index in [1.165, 1.54) is 11.0 Å². The van der Waals surface area contributed by atoms with Gasteiger partial charge in [0.15, 0.2) is 11.6 Å². The van der Waals surface area contributed by atoms with E-state index >= 15 is 8.78 Å². The molecule has 9 nitrogen and oxygen atoms in total. The first-order valence-corrected chi connectivity index (χ1v) is 17.5. The van der Waals surface area contributed by atoms with Crippen LogP contribution in [0, 0.1) is 46.1 Å². The zero-order valence-corrected chi connectivity index (χ0v) is 27.9. The van der Waals surface area contributed by atoms with Crippen LogP contribution in [0.1, 0.15) is 37.7 Å². The summed E-state index contributed by atoms with van der Waals surface area (Å²) in [7, 11) is 0. The fourth-order valence-electron chi connectivity index (χ4n) is 8.29. The van der Waals surface area contributed by atoms with Crippen LogP contribution in [0.4, 0.5) is 32.8 Å². The van der Waals surface area contributed by atoms with Gasteiger partial charge in [0, 0.05) is 29.8 Å². The monoisotopic (exact) mass is 729 g/mol. The normalized spacial score (nSPS) is 26.1. The number of rotatable bonds is 7. The number of alkyl halides is 3. The Morgan fingerprint density at radius 3 is 2.74 bits per heavy atom. The van der Waals surface area contributed by atoms with Gasteiger partial charge in [-0.2, -0.15) is 20.5 Å². The molecule has 0 radical (unpaired) electrons. The Labute approximate surface area is 291 Å². The minimum atomic E-state index is -2.83. The van der Waals surface area contributed by atoms with Gasteiger partial charge in [0.1, 0.15) is 47.6 Å². The average Bonchev–Trinajstić information content (AvgIpc) is 3.67. The molecule has 5 heterocycles. The van der Waals surface area contributed by atoms with Gasteiger partial charge in [0.05, 0.1) is 44.9 Å². The molecule has 1 saturated carbocycles. The van der Waals surface area contributed by atoms with Crippen LogP contribution in [0.2, 0.25) is 5.02 Å². The predicted octanol–water partition coefficient (Wildman–Crippen LogP) is 7.23. The number of fused-ring (bicyclic) bond motifs is 2. The smallest absolute Gasteiger partial charge is 0.319 e. The molecule has 1 aliphatic carbocycles. The lowest BCUT2D eigenvalue weighted by Gasteiger charge is -2.42. The SMILES string of the molecule is N#Cc1c(N)sc2c(F)ccc(-c3c(Cl)c4c5c(nc(OC[C@@]67CCCN6C[C@H](F)C7)nc5c3F)N(CC(F)F)[C@@H](C3CC(C#N)C3)CO4)c12. The van der Waals surface area contributed by atoms with Crippen LogP contribution in [0.25, 0.3) is 32.1 Å². The summed E-state index contributed by atoms with van der Waals surface area (Å²) in [5.74, 6) is -2.29. The molecule has 2 N–H and O–H groups in total. The maximum Gasteiger partial charge on any atom is 0.319 e. The van der Waals surface area contributed by atoms with Gasteiger partial charge in [0.25, 0.3) is 6.43 Å². The summed E-state index contributed by atoms with van der Waals surface area (Å²) >= 11 is 7.81. The summed E-state index contributed by atoms with van der Waals surface area (Å²) in [5, 5.41) is 19.2. The number of hydrogen-bond acceptors (Lipinski definition) is 10. The lowest BCUT2D eigenvalue weighted by atomic mass is 9.71. The third-order valence-corrected chi connectivity index (χ3v) is 12.1. The first-order chi connectivity index (χ1) is 24.0. The molecule has 2 saturated heterocycles. The summed E-state index contributed by atoms with van der Waals surface area (Å²) in [6.45, 7) is 0.0264. The van der Waals surface area contributed by atoms with Crippen LogP contribution < -0.4 is 20.1 Å². The molecule has 3 atom stereocenters. The number of benzene rings is 2. The Morgan fingerprint density at radius 2 is 2.00 bits per heavy atom.